The van der Waals surface area contributed by atoms with E-state index in [-0.39, 0.29) is 5.91 Å². The van der Waals surface area contributed by atoms with Crippen LogP contribution in [0.1, 0.15) is 12.6 Å². The lowest BCUT2D eigenvalue weighted by Gasteiger charge is -2.10. The van der Waals surface area contributed by atoms with E-state index in [1.54, 1.807) is 7.11 Å². The SMILES string of the molecule is COc1ccc(Nc2cc(C)nc(NCCNC(C)=O)n2)cc1. The highest BCUT2D eigenvalue weighted by atomic mass is 16.5. The molecule has 0 spiro atoms. The molecule has 1 amide bonds. The fraction of sp³-hybridized carbons (Fsp3) is 0.312. The minimum Gasteiger partial charge on any atom is -0.497 e. The van der Waals surface area contributed by atoms with E-state index in [2.05, 4.69) is 25.9 Å². The molecule has 0 saturated carbocycles. The summed E-state index contributed by atoms with van der Waals surface area (Å²) in [7, 11) is 1.63. The number of hydrogen-bond donors (Lipinski definition) is 3. The maximum Gasteiger partial charge on any atom is 0.224 e. The van der Waals surface area contributed by atoms with Crippen molar-refractivity contribution in [3.8, 4) is 5.75 Å². The number of nitrogens with zero attached hydrogens (tertiary/aromatic N) is 2. The predicted octanol–water partition coefficient (Wildman–Crippen LogP) is 2.09. The molecule has 0 unspecified atom stereocenters. The van der Waals surface area contributed by atoms with Crippen LogP contribution in [0.15, 0.2) is 30.3 Å². The molecule has 0 saturated heterocycles. The average Bonchev–Trinajstić information content (AvgIpc) is 2.52. The molecule has 23 heavy (non-hydrogen) atoms. The summed E-state index contributed by atoms with van der Waals surface area (Å²) in [5.41, 5.74) is 1.76. The van der Waals surface area contributed by atoms with Crippen LogP contribution in [0.25, 0.3) is 0 Å². The van der Waals surface area contributed by atoms with Gasteiger partial charge < -0.3 is 20.7 Å². The van der Waals surface area contributed by atoms with Crippen molar-refractivity contribution >= 4 is 23.4 Å². The molecule has 1 aromatic heterocycles. The number of ether oxygens (including phenoxy) is 1. The topological polar surface area (TPSA) is 88.2 Å². The molecule has 0 aliphatic carbocycles. The van der Waals surface area contributed by atoms with Crippen molar-refractivity contribution in [3.63, 3.8) is 0 Å². The van der Waals surface area contributed by atoms with Gasteiger partial charge in [0, 0.05) is 37.5 Å². The van der Waals surface area contributed by atoms with Crippen LogP contribution in [0.5, 0.6) is 5.75 Å². The summed E-state index contributed by atoms with van der Waals surface area (Å²) in [5.74, 6) is 1.96. The third kappa shape index (κ3) is 5.46. The predicted molar refractivity (Wildman–Crippen MR) is 90.2 cm³/mol. The van der Waals surface area contributed by atoms with Crippen molar-refractivity contribution < 1.29 is 9.53 Å². The smallest absolute Gasteiger partial charge is 0.224 e. The number of methoxy groups -OCH3 is 1. The first-order chi connectivity index (χ1) is 11.1. The second kappa shape index (κ2) is 7.98. The molecule has 122 valence electrons. The van der Waals surface area contributed by atoms with Crippen LogP contribution in [0.2, 0.25) is 0 Å². The fourth-order valence-corrected chi connectivity index (χ4v) is 1.95. The molecule has 0 aliphatic heterocycles. The largest absolute Gasteiger partial charge is 0.497 e. The molecular weight excluding hydrogens is 294 g/mol. The van der Waals surface area contributed by atoms with Crippen LogP contribution in [0.3, 0.4) is 0 Å². The third-order valence-electron chi connectivity index (χ3n) is 3.00. The molecule has 0 aliphatic rings. The second-order valence-electron chi connectivity index (χ2n) is 4.98. The Hall–Kier alpha value is -2.83. The zero-order chi connectivity index (χ0) is 16.7. The monoisotopic (exact) mass is 315 g/mol. The van der Waals surface area contributed by atoms with Crippen LogP contribution in [0.4, 0.5) is 17.5 Å². The Morgan fingerprint density at radius 2 is 1.91 bits per heavy atom. The number of hydrogen-bond acceptors (Lipinski definition) is 6. The maximum absolute atomic E-state index is 10.8. The van der Waals surface area contributed by atoms with E-state index < -0.39 is 0 Å². The molecule has 3 N–H and O–H groups in total. The fourth-order valence-electron chi connectivity index (χ4n) is 1.95. The number of nitrogens with one attached hydrogen (secondary N) is 3. The normalized spacial score (nSPS) is 10.0. The van der Waals surface area contributed by atoms with Crippen molar-refractivity contribution in [2.24, 2.45) is 0 Å². The Labute approximate surface area is 135 Å². The molecule has 1 aromatic carbocycles. The van der Waals surface area contributed by atoms with Crippen molar-refractivity contribution in [3.05, 3.63) is 36.0 Å². The third-order valence-corrected chi connectivity index (χ3v) is 3.00. The number of aromatic nitrogens is 2. The van der Waals surface area contributed by atoms with Gasteiger partial charge in [-0.3, -0.25) is 4.79 Å². The summed E-state index contributed by atoms with van der Waals surface area (Å²) in [6, 6.07) is 9.45. The summed E-state index contributed by atoms with van der Waals surface area (Å²) in [6.45, 7) is 4.47. The van der Waals surface area contributed by atoms with Crippen molar-refractivity contribution in [2.75, 3.05) is 30.8 Å². The van der Waals surface area contributed by atoms with Gasteiger partial charge in [0.25, 0.3) is 0 Å². The number of amides is 1. The molecule has 0 bridgehead atoms. The number of anilines is 3. The first-order valence-corrected chi connectivity index (χ1v) is 7.32. The van der Waals surface area contributed by atoms with Crippen LogP contribution in [0, 0.1) is 6.92 Å². The maximum atomic E-state index is 10.8. The summed E-state index contributed by atoms with van der Waals surface area (Å²) < 4.78 is 5.14. The minimum absolute atomic E-state index is 0.0566. The molecular formula is C16H21N5O2. The van der Waals surface area contributed by atoms with Gasteiger partial charge in [-0.05, 0) is 31.2 Å². The van der Waals surface area contributed by atoms with Crippen molar-refractivity contribution in [1.29, 1.82) is 0 Å². The molecule has 7 nitrogen and oxygen atoms in total. The number of benzene rings is 1. The molecule has 7 heteroatoms. The second-order valence-corrected chi connectivity index (χ2v) is 4.98. The minimum atomic E-state index is -0.0566. The lowest BCUT2D eigenvalue weighted by Crippen LogP contribution is -2.26. The molecule has 0 fully saturated rings. The van der Waals surface area contributed by atoms with E-state index in [0.717, 1.165) is 17.1 Å². The highest BCUT2D eigenvalue weighted by molar-refractivity contribution is 5.72. The lowest BCUT2D eigenvalue weighted by atomic mass is 10.3. The Morgan fingerprint density at radius 3 is 2.57 bits per heavy atom. The molecule has 2 rings (SSSR count). The van der Waals surface area contributed by atoms with Gasteiger partial charge in [0.2, 0.25) is 11.9 Å². The number of carbonyl (C=O) groups excluding carboxylic acids is 1. The van der Waals surface area contributed by atoms with Crippen LogP contribution in [-0.4, -0.2) is 36.1 Å². The van der Waals surface area contributed by atoms with Crippen LogP contribution in [-0.2, 0) is 4.79 Å². The highest BCUT2D eigenvalue weighted by Crippen LogP contribution is 2.19. The first-order valence-electron chi connectivity index (χ1n) is 7.32. The van der Waals surface area contributed by atoms with Gasteiger partial charge in [0.15, 0.2) is 0 Å². The van der Waals surface area contributed by atoms with Gasteiger partial charge in [0.1, 0.15) is 11.6 Å². The van der Waals surface area contributed by atoms with E-state index in [1.165, 1.54) is 6.92 Å². The van der Waals surface area contributed by atoms with Crippen molar-refractivity contribution in [2.45, 2.75) is 13.8 Å². The van der Waals surface area contributed by atoms with E-state index in [1.807, 2.05) is 37.3 Å². The molecule has 1 heterocycles. The van der Waals surface area contributed by atoms with E-state index in [9.17, 15) is 4.79 Å². The van der Waals surface area contributed by atoms with Gasteiger partial charge in [-0.1, -0.05) is 0 Å². The molecule has 0 radical (unpaired) electrons. The van der Waals surface area contributed by atoms with Gasteiger partial charge in [-0.25, -0.2) is 4.98 Å². The number of aryl methyl sites for hydroxylation is 1. The Kier molecular flexibility index (Phi) is 5.74. The Balaban J connectivity index is 1.99. The van der Waals surface area contributed by atoms with E-state index in [4.69, 9.17) is 4.74 Å². The Morgan fingerprint density at radius 1 is 1.17 bits per heavy atom. The molecule has 0 atom stereocenters. The number of carbonyl (C=O) groups is 1. The summed E-state index contributed by atoms with van der Waals surface area (Å²) >= 11 is 0. The zero-order valence-corrected chi connectivity index (χ0v) is 13.5. The first kappa shape index (κ1) is 16.5. The lowest BCUT2D eigenvalue weighted by molar-refractivity contribution is -0.118. The summed E-state index contributed by atoms with van der Waals surface area (Å²) in [4.78, 5) is 19.6. The van der Waals surface area contributed by atoms with Crippen LogP contribution < -0.4 is 20.7 Å². The average molecular weight is 315 g/mol. The van der Waals surface area contributed by atoms with Crippen LogP contribution >= 0.6 is 0 Å². The standard InChI is InChI=1S/C16H21N5O2/c1-11-10-15(20-13-4-6-14(23-3)7-5-13)21-16(19-11)18-9-8-17-12(2)22/h4-7,10H,8-9H2,1-3H3,(H,17,22)(H2,18,19,20,21). The number of rotatable bonds is 7. The highest BCUT2D eigenvalue weighted by Gasteiger charge is 2.03. The quantitative estimate of drug-likeness (QED) is 0.678. The zero-order valence-electron chi connectivity index (χ0n) is 13.5. The molecule has 2 aromatic rings. The van der Waals surface area contributed by atoms with Gasteiger partial charge in [-0.15, -0.1) is 0 Å². The summed E-state index contributed by atoms with van der Waals surface area (Å²) in [5, 5.41) is 9.03. The van der Waals surface area contributed by atoms with Gasteiger partial charge in [0.05, 0.1) is 7.11 Å². The van der Waals surface area contributed by atoms with Gasteiger partial charge >= 0.3 is 0 Å². The van der Waals surface area contributed by atoms with Crippen molar-refractivity contribution in [1.82, 2.24) is 15.3 Å². The van der Waals surface area contributed by atoms with Gasteiger partial charge in [-0.2, -0.15) is 4.98 Å². The Bertz CT molecular complexity index is 658. The van der Waals surface area contributed by atoms with E-state index in [0.29, 0.717) is 24.9 Å². The van der Waals surface area contributed by atoms with E-state index >= 15 is 0 Å². The summed E-state index contributed by atoms with van der Waals surface area (Å²) in [6.07, 6.45) is 0.